The predicted octanol–water partition coefficient (Wildman–Crippen LogP) is 1.50. The van der Waals surface area contributed by atoms with E-state index in [2.05, 4.69) is 5.10 Å². The number of hydrogen-bond donors (Lipinski definition) is 1. The maximum atomic E-state index is 12.5. The van der Waals surface area contributed by atoms with Gasteiger partial charge in [0.2, 0.25) is 5.88 Å². The van der Waals surface area contributed by atoms with Gasteiger partial charge in [-0.2, -0.15) is 5.10 Å². The summed E-state index contributed by atoms with van der Waals surface area (Å²) in [6.07, 6.45) is 0.583. The fraction of sp³-hybridized carbons (Fsp3) is 0.667. The lowest BCUT2D eigenvalue weighted by Crippen LogP contribution is -2.17. The summed E-state index contributed by atoms with van der Waals surface area (Å²) >= 11 is 0. The van der Waals surface area contributed by atoms with E-state index in [1.54, 1.807) is 4.68 Å². The molecule has 1 aromatic heterocycles. The normalized spacial score (nSPS) is 18.9. The molecule has 1 aliphatic heterocycles. The van der Waals surface area contributed by atoms with Gasteiger partial charge in [0, 0.05) is 12.7 Å². The van der Waals surface area contributed by atoms with E-state index in [1.165, 1.54) is 13.0 Å². The van der Waals surface area contributed by atoms with Crippen molar-refractivity contribution in [2.75, 3.05) is 13.2 Å². The molecule has 1 aromatic rings. The maximum Gasteiger partial charge on any atom is 0.356 e. The third-order valence-electron chi connectivity index (χ3n) is 2.79. The van der Waals surface area contributed by atoms with Gasteiger partial charge in [-0.05, 0) is 19.8 Å². The molecule has 2 heterocycles. The Morgan fingerprint density at radius 3 is 3.21 bits per heavy atom. The summed E-state index contributed by atoms with van der Waals surface area (Å²) in [6, 6.07) is 1.42. The number of halogens is 1. The Morgan fingerprint density at radius 1 is 1.79 bits per heavy atom. The van der Waals surface area contributed by atoms with Crippen LogP contribution in [0.1, 0.15) is 30.3 Å². The lowest BCUT2D eigenvalue weighted by Gasteiger charge is -2.09. The van der Waals surface area contributed by atoms with E-state index in [1.807, 2.05) is 0 Å². The van der Waals surface area contributed by atoms with Crippen molar-refractivity contribution in [1.82, 2.24) is 9.78 Å². The van der Waals surface area contributed by atoms with Crippen molar-refractivity contribution in [2.24, 2.45) is 0 Å². The van der Waals surface area contributed by atoms with E-state index in [-0.39, 0.29) is 18.4 Å². The van der Waals surface area contributed by atoms with Crippen LogP contribution in [0.25, 0.3) is 0 Å². The van der Waals surface area contributed by atoms with Crippen LogP contribution in [0.15, 0.2) is 6.07 Å². The van der Waals surface area contributed by atoms with Gasteiger partial charge < -0.3 is 14.6 Å². The summed E-state index contributed by atoms with van der Waals surface area (Å²) in [7, 11) is 0. The molecule has 0 radical (unpaired) electrons. The minimum atomic E-state index is -1.06. The number of fused-ring (bicyclic) bond motifs is 1. The number of carbonyl (C=O) groups is 1. The lowest BCUT2D eigenvalue weighted by molar-refractivity contribution is 0.0687. The number of nitrogens with zero attached hydrogens (tertiary/aromatic N) is 2. The van der Waals surface area contributed by atoms with E-state index in [9.17, 15) is 9.18 Å². The molecule has 0 spiro atoms. The van der Waals surface area contributed by atoms with Gasteiger partial charge in [0.25, 0.3) is 0 Å². The predicted molar refractivity (Wildman–Crippen MR) is 64.2 cm³/mol. The quantitative estimate of drug-likeness (QED) is 0.761. The zero-order chi connectivity index (χ0) is 13.8. The zero-order valence-corrected chi connectivity index (χ0v) is 10.7. The summed E-state index contributed by atoms with van der Waals surface area (Å²) < 4.78 is 24.7. The first-order chi connectivity index (χ1) is 9.06. The molecule has 106 valence electrons. The summed E-state index contributed by atoms with van der Waals surface area (Å²) in [4.78, 5) is 10.7. The third kappa shape index (κ3) is 3.66. The van der Waals surface area contributed by atoms with Crippen LogP contribution in [0.4, 0.5) is 4.39 Å². The molecule has 0 amide bonds. The minimum Gasteiger partial charge on any atom is -0.476 e. The Hall–Kier alpha value is -1.63. The number of carboxylic acid groups (broad SMARTS) is 1. The van der Waals surface area contributed by atoms with Crippen molar-refractivity contribution in [1.29, 1.82) is 0 Å². The van der Waals surface area contributed by atoms with Crippen LogP contribution in [0, 0.1) is 0 Å². The van der Waals surface area contributed by atoms with E-state index in [0.29, 0.717) is 19.0 Å². The van der Waals surface area contributed by atoms with Gasteiger partial charge in [-0.15, -0.1) is 0 Å². The number of aromatic nitrogens is 2. The molecule has 2 atom stereocenters. The van der Waals surface area contributed by atoms with Crippen molar-refractivity contribution in [3.8, 4) is 5.88 Å². The highest BCUT2D eigenvalue weighted by molar-refractivity contribution is 5.85. The molecule has 19 heavy (non-hydrogen) atoms. The van der Waals surface area contributed by atoms with Crippen LogP contribution in [0.5, 0.6) is 5.88 Å². The van der Waals surface area contributed by atoms with E-state index in [4.69, 9.17) is 14.6 Å². The number of ether oxygens (including phenoxy) is 2. The molecule has 7 heteroatoms. The van der Waals surface area contributed by atoms with Crippen molar-refractivity contribution < 1.29 is 23.8 Å². The lowest BCUT2D eigenvalue weighted by atomic mass is 10.2. The van der Waals surface area contributed by atoms with Gasteiger partial charge in [-0.3, -0.25) is 0 Å². The van der Waals surface area contributed by atoms with E-state index < -0.39 is 12.1 Å². The molecule has 0 fully saturated rings. The SMILES string of the molecule is CC(F)COCCCC1Cn2nc(C(=O)O)cc2O1. The fourth-order valence-corrected chi connectivity index (χ4v) is 1.94. The van der Waals surface area contributed by atoms with E-state index >= 15 is 0 Å². The maximum absolute atomic E-state index is 12.5. The Balaban J connectivity index is 1.69. The van der Waals surface area contributed by atoms with Crippen LogP contribution in [0.3, 0.4) is 0 Å². The Labute approximate surface area is 110 Å². The molecular formula is C12H17FN2O4. The van der Waals surface area contributed by atoms with Gasteiger partial charge in [0.15, 0.2) is 5.69 Å². The first-order valence-electron chi connectivity index (χ1n) is 6.26. The van der Waals surface area contributed by atoms with Gasteiger partial charge in [0.1, 0.15) is 12.3 Å². The van der Waals surface area contributed by atoms with Crippen LogP contribution in [-0.2, 0) is 11.3 Å². The van der Waals surface area contributed by atoms with Gasteiger partial charge in [-0.25, -0.2) is 13.9 Å². The minimum absolute atomic E-state index is 0.00582. The Morgan fingerprint density at radius 2 is 2.58 bits per heavy atom. The largest absolute Gasteiger partial charge is 0.476 e. The van der Waals surface area contributed by atoms with Gasteiger partial charge in [0.05, 0.1) is 13.2 Å². The number of aromatic carboxylic acids is 1. The number of rotatable bonds is 7. The summed E-state index contributed by atoms with van der Waals surface area (Å²) in [5, 5.41) is 12.7. The second kappa shape index (κ2) is 6.01. The summed E-state index contributed by atoms with van der Waals surface area (Å²) in [6.45, 7) is 2.62. The molecule has 0 bridgehead atoms. The average Bonchev–Trinajstić information content (AvgIpc) is 2.85. The summed E-state index contributed by atoms with van der Waals surface area (Å²) in [5.41, 5.74) is -0.00582. The zero-order valence-electron chi connectivity index (χ0n) is 10.7. The monoisotopic (exact) mass is 272 g/mol. The smallest absolute Gasteiger partial charge is 0.356 e. The highest BCUT2D eigenvalue weighted by Crippen LogP contribution is 2.24. The number of carboxylic acids is 1. The van der Waals surface area contributed by atoms with Crippen molar-refractivity contribution in [3.05, 3.63) is 11.8 Å². The topological polar surface area (TPSA) is 73.6 Å². The van der Waals surface area contributed by atoms with Crippen molar-refractivity contribution in [3.63, 3.8) is 0 Å². The first-order valence-corrected chi connectivity index (χ1v) is 6.26. The van der Waals surface area contributed by atoms with Crippen LogP contribution >= 0.6 is 0 Å². The third-order valence-corrected chi connectivity index (χ3v) is 2.79. The molecule has 0 saturated heterocycles. The molecule has 0 aromatic carbocycles. The Bertz CT molecular complexity index is 423. The Kier molecular flexibility index (Phi) is 4.36. The molecule has 1 aliphatic rings. The van der Waals surface area contributed by atoms with Crippen LogP contribution in [0.2, 0.25) is 0 Å². The number of hydrogen-bond acceptors (Lipinski definition) is 4. The summed E-state index contributed by atoms with van der Waals surface area (Å²) in [5.74, 6) is -0.573. The van der Waals surface area contributed by atoms with Crippen molar-refractivity contribution in [2.45, 2.75) is 38.6 Å². The second-order valence-corrected chi connectivity index (χ2v) is 4.59. The molecule has 0 aliphatic carbocycles. The molecule has 1 N–H and O–H groups in total. The van der Waals surface area contributed by atoms with Gasteiger partial charge >= 0.3 is 5.97 Å². The molecule has 6 nitrogen and oxygen atoms in total. The van der Waals surface area contributed by atoms with Crippen LogP contribution in [-0.4, -0.2) is 46.3 Å². The highest BCUT2D eigenvalue weighted by atomic mass is 19.1. The van der Waals surface area contributed by atoms with Gasteiger partial charge in [-0.1, -0.05) is 0 Å². The fourth-order valence-electron chi connectivity index (χ4n) is 1.94. The molecule has 2 rings (SSSR count). The van der Waals surface area contributed by atoms with Crippen molar-refractivity contribution >= 4 is 5.97 Å². The second-order valence-electron chi connectivity index (χ2n) is 4.59. The average molecular weight is 272 g/mol. The van der Waals surface area contributed by atoms with E-state index in [0.717, 1.165) is 12.8 Å². The first kappa shape index (κ1) is 13.8. The van der Waals surface area contributed by atoms with Crippen LogP contribution < -0.4 is 4.74 Å². The molecule has 2 unspecified atom stereocenters. The molecular weight excluding hydrogens is 255 g/mol. The number of alkyl halides is 1. The highest BCUT2D eigenvalue weighted by Gasteiger charge is 2.25. The standard InChI is InChI=1S/C12H17FN2O4/c1-8(13)7-18-4-2-3-9-6-15-11(19-9)5-10(14-15)12(16)17/h5,8-9H,2-4,6-7H2,1H3,(H,16,17). The molecule has 0 saturated carbocycles.